The van der Waals surface area contributed by atoms with E-state index >= 15 is 0 Å². The van der Waals surface area contributed by atoms with Crippen molar-refractivity contribution in [1.29, 1.82) is 0 Å². The highest BCUT2D eigenvalue weighted by Gasteiger charge is 2.44. The fourth-order valence-corrected chi connectivity index (χ4v) is 3.17. The SMILES string of the molecule is Cc1ncccn1.O=C(O)CCCCCCCCC(=O)NC1=NCCC2(CC2)N1. The number of carboxylic acids is 1. The van der Waals surface area contributed by atoms with Gasteiger partial charge in [0.05, 0.1) is 0 Å². The number of aliphatic carboxylic acids is 1. The van der Waals surface area contributed by atoms with Crippen LogP contribution in [-0.4, -0.2) is 45.0 Å². The Morgan fingerprint density at radius 2 is 1.66 bits per heavy atom. The van der Waals surface area contributed by atoms with Crippen LogP contribution in [0.3, 0.4) is 0 Å². The smallest absolute Gasteiger partial charge is 0.303 e. The van der Waals surface area contributed by atoms with Gasteiger partial charge in [-0.1, -0.05) is 25.7 Å². The van der Waals surface area contributed by atoms with Gasteiger partial charge in [0, 0.05) is 37.3 Å². The molecule has 0 bridgehead atoms. The number of aliphatic imine (C=N–C) groups is 1. The molecule has 160 valence electrons. The maximum absolute atomic E-state index is 11.9. The molecular weight excluding hydrogens is 370 g/mol. The van der Waals surface area contributed by atoms with E-state index in [4.69, 9.17) is 5.11 Å². The number of guanidine groups is 1. The number of carboxylic acid groups (broad SMARTS) is 1. The summed E-state index contributed by atoms with van der Waals surface area (Å²) in [7, 11) is 0. The lowest BCUT2D eigenvalue weighted by Gasteiger charge is -2.24. The van der Waals surface area contributed by atoms with Crippen LogP contribution in [0.2, 0.25) is 0 Å². The molecule has 1 spiro atoms. The standard InChI is InChI=1S/C16H27N3O3.C5H6N2/c20-13(7-5-3-1-2-4-6-8-14(21)22)18-15-17-12-11-16(19-15)9-10-16;1-5-6-3-2-4-7-5/h1-12H2,(H,21,22)(H2,17,18,19,20);2-4H,1H3. The molecule has 0 atom stereocenters. The third-order valence-electron chi connectivity index (χ3n) is 5.09. The molecule has 29 heavy (non-hydrogen) atoms. The molecule has 0 radical (unpaired) electrons. The van der Waals surface area contributed by atoms with Gasteiger partial charge in [0.2, 0.25) is 5.91 Å². The molecule has 8 nitrogen and oxygen atoms in total. The summed E-state index contributed by atoms with van der Waals surface area (Å²) < 4.78 is 0. The van der Waals surface area contributed by atoms with Crippen LogP contribution in [0.15, 0.2) is 23.5 Å². The summed E-state index contributed by atoms with van der Waals surface area (Å²) in [6.07, 6.45) is 13.4. The number of aryl methyl sites for hydroxylation is 1. The van der Waals surface area contributed by atoms with Crippen molar-refractivity contribution in [3.05, 3.63) is 24.3 Å². The number of carbonyl (C=O) groups excluding carboxylic acids is 1. The monoisotopic (exact) mass is 403 g/mol. The van der Waals surface area contributed by atoms with Crippen molar-refractivity contribution < 1.29 is 14.7 Å². The summed E-state index contributed by atoms with van der Waals surface area (Å²) in [6, 6.07) is 1.80. The van der Waals surface area contributed by atoms with E-state index in [1.165, 1.54) is 12.8 Å². The van der Waals surface area contributed by atoms with Crippen molar-refractivity contribution in [3.63, 3.8) is 0 Å². The minimum atomic E-state index is -0.719. The van der Waals surface area contributed by atoms with Gasteiger partial charge in [-0.3, -0.25) is 19.9 Å². The van der Waals surface area contributed by atoms with Gasteiger partial charge in [0.25, 0.3) is 0 Å². The van der Waals surface area contributed by atoms with E-state index in [1.54, 1.807) is 18.5 Å². The first-order chi connectivity index (χ1) is 14.0. The quantitative estimate of drug-likeness (QED) is 0.546. The van der Waals surface area contributed by atoms with E-state index in [9.17, 15) is 9.59 Å². The number of unbranched alkanes of at least 4 members (excludes halogenated alkanes) is 5. The third kappa shape index (κ3) is 10.0. The van der Waals surface area contributed by atoms with Crippen LogP contribution in [-0.2, 0) is 9.59 Å². The Labute approximate surface area is 172 Å². The lowest BCUT2D eigenvalue weighted by molar-refractivity contribution is -0.137. The van der Waals surface area contributed by atoms with Crippen LogP contribution < -0.4 is 10.6 Å². The number of aromatic nitrogens is 2. The predicted octanol–water partition coefficient (Wildman–Crippen LogP) is 2.97. The van der Waals surface area contributed by atoms with Crippen LogP contribution in [0.25, 0.3) is 0 Å². The minimum absolute atomic E-state index is 0.0369. The summed E-state index contributed by atoms with van der Waals surface area (Å²) in [4.78, 5) is 34.3. The van der Waals surface area contributed by atoms with E-state index in [0.29, 0.717) is 12.4 Å². The molecule has 1 aliphatic heterocycles. The third-order valence-corrected chi connectivity index (χ3v) is 5.09. The van der Waals surface area contributed by atoms with E-state index < -0.39 is 5.97 Å². The average molecular weight is 404 g/mol. The van der Waals surface area contributed by atoms with Crippen molar-refractivity contribution in [2.24, 2.45) is 4.99 Å². The van der Waals surface area contributed by atoms with E-state index in [1.807, 2.05) is 6.92 Å². The maximum atomic E-state index is 11.9. The van der Waals surface area contributed by atoms with E-state index in [-0.39, 0.29) is 17.9 Å². The first-order valence-corrected chi connectivity index (χ1v) is 10.6. The molecule has 2 heterocycles. The van der Waals surface area contributed by atoms with Gasteiger partial charge in [-0.25, -0.2) is 9.97 Å². The molecule has 8 heteroatoms. The molecule has 0 unspecified atom stereocenters. The number of rotatable bonds is 9. The first kappa shape index (κ1) is 22.8. The predicted molar refractivity (Wildman–Crippen MR) is 112 cm³/mol. The Balaban J connectivity index is 0.000000360. The zero-order chi connectivity index (χ0) is 21.0. The Kier molecular flexibility index (Phi) is 9.53. The maximum Gasteiger partial charge on any atom is 0.303 e. The van der Waals surface area contributed by atoms with Crippen molar-refractivity contribution in [2.45, 2.75) is 83.1 Å². The molecule has 0 aromatic carbocycles. The molecule has 1 aromatic heterocycles. The first-order valence-electron chi connectivity index (χ1n) is 10.6. The average Bonchev–Trinajstić information content (AvgIpc) is 3.43. The zero-order valence-electron chi connectivity index (χ0n) is 17.3. The van der Waals surface area contributed by atoms with Crippen molar-refractivity contribution >= 4 is 17.8 Å². The summed E-state index contributed by atoms with van der Waals surface area (Å²) in [5.74, 6) is 0.795. The molecule has 2 aliphatic rings. The summed E-state index contributed by atoms with van der Waals surface area (Å²) in [6.45, 7) is 2.67. The lowest BCUT2D eigenvalue weighted by atomic mass is 10.1. The summed E-state index contributed by atoms with van der Waals surface area (Å²) in [5.41, 5.74) is 0.236. The van der Waals surface area contributed by atoms with Gasteiger partial charge in [0.1, 0.15) is 5.82 Å². The van der Waals surface area contributed by atoms with Gasteiger partial charge >= 0.3 is 5.97 Å². The van der Waals surface area contributed by atoms with E-state index in [2.05, 4.69) is 25.6 Å². The number of amides is 1. The largest absolute Gasteiger partial charge is 0.481 e. The van der Waals surface area contributed by atoms with Gasteiger partial charge in [-0.15, -0.1) is 0 Å². The minimum Gasteiger partial charge on any atom is -0.481 e. The molecule has 1 aromatic rings. The van der Waals surface area contributed by atoms with Gasteiger partial charge < -0.3 is 10.4 Å². The summed E-state index contributed by atoms with van der Waals surface area (Å²) >= 11 is 0. The second kappa shape index (κ2) is 12.1. The van der Waals surface area contributed by atoms with Crippen LogP contribution in [0, 0.1) is 6.92 Å². The Morgan fingerprint density at radius 1 is 1.03 bits per heavy atom. The van der Waals surface area contributed by atoms with E-state index in [0.717, 1.165) is 57.3 Å². The summed E-state index contributed by atoms with van der Waals surface area (Å²) in [5, 5.41) is 14.7. The number of carbonyl (C=O) groups is 2. The normalized spacial score (nSPS) is 16.1. The highest BCUT2D eigenvalue weighted by atomic mass is 16.4. The number of hydrogen-bond donors (Lipinski definition) is 3. The van der Waals surface area contributed by atoms with Gasteiger partial charge in [-0.05, 0) is 45.1 Å². The molecule has 1 saturated carbocycles. The molecule has 0 saturated heterocycles. The van der Waals surface area contributed by atoms with Gasteiger partial charge in [-0.2, -0.15) is 0 Å². The molecular formula is C21H33N5O3. The Hall–Kier alpha value is -2.51. The lowest BCUT2D eigenvalue weighted by Crippen LogP contribution is -2.49. The topological polar surface area (TPSA) is 117 Å². The van der Waals surface area contributed by atoms with Crippen LogP contribution in [0.4, 0.5) is 0 Å². The van der Waals surface area contributed by atoms with Crippen LogP contribution in [0.5, 0.6) is 0 Å². The molecule has 3 rings (SSSR count). The zero-order valence-corrected chi connectivity index (χ0v) is 17.3. The Morgan fingerprint density at radius 3 is 2.21 bits per heavy atom. The fraction of sp³-hybridized carbons (Fsp3) is 0.667. The number of hydrogen-bond acceptors (Lipinski definition) is 6. The van der Waals surface area contributed by atoms with Crippen molar-refractivity contribution in [2.75, 3.05) is 6.54 Å². The second-order valence-corrected chi connectivity index (χ2v) is 7.74. The fourth-order valence-electron chi connectivity index (χ4n) is 3.17. The van der Waals surface area contributed by atoms with Gasteiger partial charge in [0.15, 0.2) is 5.96 Å². The van der Waals surface area contributed by atoms with Crippen molar-refractivity contribution in [1.82, 2.24) is 20.6 Å². The molecule has 1 aliphatic carbocycles. The van der Waals surface area contributed by atoms with Crippen LogP contribution >= 0.6 is 0 Å². The highest BCUT2D eigenvalue weighted by molar-refractivity contribution is 5.97. The number of nitrogens with one attached hydrogen (secondary N) is 2. The second-order valence-electron chi connectivity index (χ2n) is 7.74. The van der Waals surface area contributed by atoms with Crippen molar-refractivity contribution in [3.8, 4) is 0 Å². The molecule has 1 fully saturated rings. The molecule has 1 amide bonds. The Bertz CT molecular complexity index is 674. The number of nitrogens with zero attached hydrogens (tertiary/aromatic N) is 3. The highest BCUT2D eigenvalue weighted by Crippen LogP contribution is 2.39. The molecule has 3 N–H and O–H groups in total. The van der Waals surface area contributed by atoms with Crippen LogP contribution in [0.1, 0.15) is 76.5 Å².